The Balaban J connectivity index is 1.77. The molecule has 0 fully saturated rings. The number of halogens is 1. The van der Waals surface area contributed by atoms with E-state index in [1.165, 1.54) is 12.1 Å². The summed E-state index contributed by atoms with van der Waals surface area (Å²) in [6, 6.07) is 22.0. The molecule has 0 aliphatic carbocycles. The first-order chi connectivity index (χ1) is 15.0. The van der Waals surface area contributed by atoms with E-state index in [2.05, 4.69) is 10.3 Å². The van der Waals surface area contributed by atoms with Gasteiger partial charge in [0.15, 0.2) is 0 Å². The Morgan fingerprint density at radius 1 is 0.903 bits per heavy atom. The van der Waals surface area contributed by atoms with Gasteiger partial charge in [0, 0.05) is 6.54 Å². The first-order valence-electron chi connectivity index (χ1n) is 9.86. The van der Waals surface area contributed by atoms with Crippen molar-refractivity contribution < 1.29 is 17.2 Å². The van der Waals surface area contributed by atoms with E-state index in [1.807, 2.05) is 37.3 Å². The van der Waals surface area contributed by atoms with Crippen molar-refractivity contribution in [2.45, 2.75) is 29.8 Å². The second-order valence-electron chi connectivity index (χ2n) is 6.97. The number of nitrogens with zero attached hydrogens (tertiary/aromatic N) is 1. The largest absolute Gasteiger partial charge is 0.419 e. The molecule has 0 amide bonds. The smallest absolute Gasteiger partial charge is 0.234 e. The predicted octanol–water partition coefficient (Wildman–Crippen LogP) is 5.49. The summed E-state index contributed by atoms with van der Waals surface area (Å²) >= 11 is 0. The molecule has 0 bridgehead atoms. The first kappa shape index (κ1) is 20.8. The highest BCUT2D eigenvalue weighted by Crippen LogP contribution is 2.33. The molecule has 4 rings (SSSR count). The van der Waals surface area contributed by atoms with Crippen LogP contribution >= 0.6 is 0 Å². The molecule has 31 heavy (non-hydrogen) atoms. The van der Waals surface area contributed by atoms with E-state index in [0.29, 0.717) is 6.54 Å². The van der Waals surface area contributed by atoms with Crippen molar-refractivity contribution in [3.05, 3.63) is 95.8 Å². The molecule has 0 radical (unpaired) electrons. The second-order valence-corrected chi connectivity index (χ2v) is 8.84. The molecule has 0 aliphatic heterocycles. The Kier molecular flexibility index (Phi) is 5.86. The van der Waals surface area contributed by atoms with Crippen molar-refractivity contribution in [3.63, 3.8) is 0 Å². The van der Waals surface area contributed by atoms with E-state index in [1.54, 1.807) is 36.4 Å². The topological polar surface area (TPSA) is 72.2 Å². The molecular weight excluding hydrogens is 415 g/mol. The van der Waals surface area contributed by atoms with Crippen molar-refractivity contribution in [3.8, 4) is 11.5 Å². The summed E-state index contributed by atoms with van der Waals surface area (Å²) in [6.07, 6.45) is 0.797. The molecule has 0 atom stereocenters. The summed E-state index contributed by atoms with van der Waals surface area (Å²) in [4.78, 5) is 4.29. The van der Waals surface area contributed by atoms with Gasteiger partial charge < -0.3 is 9.73 Å². The van der Waals surface area contributed by atoms with Crippen LogP contribution in [0.25, 0.3) is 11.5 Å². The monoisotopic (exact) mass is 436 g/mol. The van der Waals surface area contributed by atoms with E-state index in [9.17, 15) is 12.8 Å². The number of benzene rings is 3. The summed E-state index contributed by atoms with van der Waals surface area (Å²) in [7, 11) is -3.99. The average molecular weight is 437 g/mol. The summed E-state index contributed by atoms with van der Waals surface area (Å²) < 4.78 is 46.7. The molecule has 3 aromatic carbocycles. The molecule has 1 heterocycles. The quantitative estimate of drug-likeness (QED) is 0.415. The van der Waals surface area contributed by atoms with E-state index in [4.69, 9.17) is 4.42 Å². The van der Waals surface area contributed by atoms with Crippen molar-refractivity contribution in [2.75, 3.05) is 5.32 Å². The molecule has 0 unspecified atom stereocenters. The van der Waals surface area contributed by atoms with Gasteiger partial charge in [-0.3, -0.25) is 0 Å². The van der Waals surface area contributed by atoms with Crippen LogP contribution in [0.1, 0.15) is 18.1 Å². The van der Waals surface area contributed by atoms with Gasteiger partial charge in [0.1, 0.15) is 5.82 Å². The molecule has 1 aromatic heterocycles. The lowest BCUT2D eigenvalue weighted by atomic mass is 10.2. The number of rotatable bonds is 7. The fourth-order valence-corrected chi connectivity index (χ4v) is 4.42. The SMILES string of the molecule is CCc1ccc(S(=O)(=O)c2nc(-c3ccccc3F)oc2NCc2ccccc2)cc1. The van der Waals surface area contributed by atoms with Crippen molar-refractivity contribution >= 4 is 15.7 Å². The fourth-order valence-electron chi connectivity index (χ4n) is 3.14. The Bertz CT molecular complexity index is 1280. The molecule has 0 saturated carbocycles. The molecule has 0 spiro atoms. The van der Waals surface area contributed by atoms with Crippen LogP contribution in [-0.2, 0) is 22.8 Å². The van der Waals surface area contributed by atoms with Crippen LogP contribution in [-0.4, -0.2) is 13.4 Å². The number of anilines is 1. The first-order valence-corrected chi connectivity index (χ1v) is 11.3. The number of aromatic nitrogens is 1. The van der Waals surface area contributed by atoms with Gasteiger partial charge in [-0.1, -0.05) is 61.5 Å². The Morgan fingerprint density at radius 2 is 1.58 bits per heavy atom. The highest BCUT2D eigenvalue weighted by Gasteiger charge is 2.29. The third kappa shape index (κ3) is 4.36. The van der Waals surface area contributed by atoms with Crippen LogP contribution < -0.4 is 5.32 Å². The summed E-state index contributed by atoms with van der Waals surface area (Å²) in [5, 5.41) is 2.73. The summed E-state index contributed by atoms with van der Waals surface area (Å²) in [5.41, 5.74) is 2.05. The number of hydrogen-bond acceptors (Lipinski definition) is 5. The second kappa shape index (κ2) is 8.73. The molecule has 158 valence electrons. The van der Waals surface area contributed by atoms with Crippen molar-refractivity contribution in [1.29, 1.82) is 0 Å². The predicted molar refractivity (Wildman–Crippen MR) is 117 cm³/mol. The normalized spacial score (nSPS) is 11.4. The highest BCUT2D eigenvalue weighted by molar-refractivity contribution is 7.91. The Morgan fingerprint density at radius 3 is 2.26 bits per heavy atom. The van der Waals surface area contributed by atoms with Gasteiger partial charge in [-0.2, -0.15) is 4.98 Å². The summed E-state index contributed by atoms with van der Waals surface area (Å²) in [5.74, 6) is -0.673. The standard InChI is InChI=1S/C24H21FN2O3S/c1-2-17-12-14-19(15-13-17)31(28,29)24-23(26-16-18-8-4-3-5-9-18)30-22(27-24)20-10-6-7-11-21(20)25/h3-15,26H,2,16H2,1H3. The molecule has 7 heteroatoms. The van der Waals surface area contributed by atoms with E-state index in [0.717, 1.165) is 17.5 Å². The van der Waals surface area contributed by atoms with E-state index < -0.39 is 15.7 Å². The molecule has 4 aromatic rings. The minimum absolute atomic E-state index is 0.0262. The lowest BCUT2D eigenvalue weighted by Gasteiger charge is -2.07. The molecular formula is C24H21FN2O3S. The minimum Gasteiger partial charge on any atom is -0.419 e. The zero-order valence-corrected chi connectivity index (χ0v) is 17.7. The van der Waals surface area contributed by atoms with E-state index >= 15 is 0 Å². The van der Waals surface area contributed by atoms with Crippen LogP contribution in [0.3, 0.4) is 0 Å². The van der Waals surface area contributed by atoms with Gasteiger partial charge in [-0.25, -0.2) is 12.8 Å². The maximum absolute atomic E-state index is 14.3. The molecule has 0 saturated heterocycles. The number of oxazole rings is 1. The lowest BCUT2D eigenvalue weighted by molar-refractivity contribution is 0.567. The third-order valence-corrected chi connectivity index (χ3v) is 6.57. The van der Waals surface area contributed by atoms with Gasteiger partial charge in [0.2, 0.25) is 26.6 Å². The Labute approximate surface area is 180 Å². The Hall–Kier alpha value is -3.45. The van der Waals surface area contributed by atoms with Gasteiger partial charge in [-0.05, 0) is 41.8 Å². The minimum atomic E-state index is -3.99. The van der Waals surface area contributed by atoms with Gasteiger partial charge in [0.05, 0.1) is 10.5 Å². The van der Waals surface area contributed by atoms with Crippen molar-refractivity contribution in [2.24, 2.45) is 0 Å². The van der Waals surface area contributed by atoms with Crippen LogP contribution in [0.15, 0.2) is 93.2 Å². The maximum Gasteiger partial charge on any atom is 0.234 e. The van der Waals surface area contributed by atoms with Crippen LogP contribution in [0.4, 0.5) is 10.3 Å². The van der Waals surface area contributed by atoms with Gasteiger partial charge in [0.25, 0.3) is 0 Å². The van der Waals surface area contributed by atoms with Crippen LogP contribution in [0, 0.1) is 5.82 Å². The van der Waals surface area contributed by atoms with Gasteiger partial charge >= 0.3 is 0 Å². The number of aryl methyl sites for hydroxylation is 1. The molecule has 5 nitrogen and oxygen atoms in total. The summed E-state index contributed by atoms with van der Waals surface area (Å²) in [6.45, 7) is 2.32. The zero-order chi connectivity index (χ0) is 21.8. The zero-order valence-electron chi connectivity index (χ0n) is 16.9. The molecule has 0 aliphatic rings. The molecule has 1 N–H and O–H groups in total. The lowest BCUT2D eigenvalue weighted by Crippen LogP contribution is -2.07. The third-order valence-electron chi connectivity index (χ3n) is 4.89. The van der Waals surface area contributed by atoms with Crippen LogP contribution in [0.5, 0.6) is 0 Å². The maximum atomic E-state index is 14.3. The highest BCUT2D eigenvalue weighted by atomic mass is 32.2. The van der Waals surface area contributed by atoms with Gasteiger partial charge in [-0.15, -0.1) is 0 Å². The van der Waals surface area contributed by atoms with E-state index in [-0.39, 0.29) is 27.3 Å². The number of hydrogen-bond donors (Lipinski definition) is 1. The van der Waals surface area contributed by atoms with Crippen molar-refractivity contribution in [1.82, 2.24) is 4.98 Å². The van der Waals surface area contributed by atoms with Crippen LogP contribution in [0.2, 0.25) is 0 Å². The number of sulfone groups is 1. The number of nitrogens with one attached hydrogen (secondary N) is 1. The fraction of sp³-hybridized carbons (Fsp3) is 0.125. The average Bonchev–Trinajstić information content (AvgIpc) is 3.23.